The van der Waals surface area contributed by atoms with Gasteiger partial charge in [0, 0.05) is 34.4 Å². The van der Waals surface area contributed by atoms with Crippen molar-refractivity contribution in [3.8, 4) is 0 Å². The maximum atomic E-state index is 11.9. The summed E-state index contributed by atoms with van der Waals surface area (Å²) in [6.45, 7) is 1.49. The van der Waals surface area contributed by atoms with Gasteiger partial charge in [-0.25, -0.2) is 8.42 Å². The van der Waals surface area contributed by atoms with E-state index in [1.54, 1.807) is 0 Å². The number of hydrogen-bond donors (Lipinski definition) is 1. The molecular formula is C13H15Cl2NO4S. The van der Waals surface area contributed by atoms with Crippen LogP contribution in [0.3, 0.4) is 0 Å². The molecule has 0 saturated heterocycles. The number of ether oxygens (including phenoxy) is 1. The molecule has 0 aromatic heterocycles. The third-order valence-electron chi connectivity index (χ3n) is 3.00. The van der Waals surface area contributed by atoms with E-state index in [4.69, 9.17) is 27.0 Å². The SMILES string of the molecule is O=C(NCCOCC1CC1)c1cc(Cl)cc(S(=O)(=O)Cl)c1. The Balaban J connectivity index is 1.90. The molecule has 1 fully saturated rings. The van der Waals surface area contributed by atoms with E-state index >= 15 is 0 Å². The normalized spacial score (nSPS) is 15.0. The minimum atomic E-state index is -3.93. The fourth-order valence-corrected chi connectivity index (χ4v) is 2.81. The maximum Gasteiger partial charge on any atom is 0.261 e. The van der Waals surface area contributed by atoms with Gasteiger partial charge in [-0.05, 0) is 37.0 Å². The Morgan fingerprint density at radius 1 is 1.33 bits per heavy atom. The highest BCUT2D eigenvalue weighted by molar-refractivity contribution is 8.13. The standard InChI is InChI=1S/C13H15Cl2NO4S/c14-11-5-10(6-12(7-11)21(15,18)19)13(17)16-3-4-20-8-9-1-2-9/h5-7,9H,1-4,8H2,(H,16,17). The van der Waals surface area contributed by atoms with Crippen LogP contribution in [0.25, 0.3) is 0 Å². The molecule has 0 atom stereocenters. The van der Waals surface area contributed by atoms with Gasteiger partial charge in [-0.15, -0.1) is 0 Å². The molecule has 0 spiro atoms. The van der Waals surface area contributed by atoms with Crippen LogP contribution in [-0.2, 0) is 13.8 Å². The highest BCUT2D eigenvalue weighted by Crippen LogP contribution is 2.28. The summed E-state index contributed by atoms with van der Waals surface area (Å²) in [7, 11) is 1.32. The first-order valence-corrected chi connectivity index (χ1v) is 9.16. The Bertz CT molecular complexity index is 629. The Labute approximate surface area is 133 Å². The fourth-order valence-electron chi connectivity index (χ4n) is 1.71. The molecule has 0 radical (unpaired) electrons. The number of benzene rings is 1. The van der Waals surface area contributed by atoms with Crippen molar-refractivity contribution in [3.05, 3.63) is 28.8 Å². The first-order chi connectivity index (χ1) is 9.86. The zero-order valence-electron chi connectivity index (χ0n) is 11.1. The van der Waals surface area contributed by atoms with Crippen molar-refractivity contribution in [2.45, 2.75) is 17.7 Å². The third-order valence-corrected chi connectivity index (χ3v) is 4.55. The molecule has 0 bridgehead atoms. The van der Waals surface area contributed by atoms with Crippen LogP contribution in [0.5, 0.6) is 0 Å². The Kier molecular flexibility index (Phi) is 5.48. The number of rotatable bonds is 7. The molecule has 5 nitrogen and oxygen atoms in total. The van der Waals surface area contributed by atoms with E-state index in [1.165, 1.54) is 31.0 Å². The molecule has 1 amide bonds. The number of carbonyl (C=O) groups excluding carboxylic acids is 1. The van der Waals surface area contributed by atoms with Gasteiger partial charge in [0.05, 0.1) is 11.5 Å². The third kappa shape index (κ3) is 5.47. The number of nitrogens with one attached hydrogen (secondary N) is 1. The van der Waals surface area contributed by atoms with Crippen LogP contribution >= 0.6 is 22.3 Å². The first kappa shape index (κ1) is 16.5. The zero-order valence-corrected chi connectivity index (χ0v) is 13.5. The van der Waals surface area contributed by atoms with Gasteiger partial charge in [-0.2, -0.15) is 0 Å². The summed E-state index contributed by atoms with van der Waals surface area (Å²) in [6, 6.07) is 3.77. The predicted octanol–water partition coefficient (Wildman–Crippen LogP) is 2.42. The van der Waals surface area contributed by atoms with Gasteiger partial charge < -0.3 is 10.1 Å². The molecule has 1 saturated carbocycles. The van der Waals surface area contributed by atoms with Crippen molar-refractivity contribution < 1.29 is 17.9 Å². The lowest BCUT2D eigenvalue weighted by atomic mass is 10.2. The first-order valence-electron chi connectivity index (χ1n) is 6.47. The number of carbonyl (C=O) groups is 1. The largest absolute Gasteiger partial charge is 0.379 e. The van der Waals surface area contributed by atoms with Crippen molar-refractivity contribution in [1.29, 1.82) is 0 Å². The number of halogens is 2. The van der Waals surface area contributed by atoms with Crippen LogP contribution in [-0.4, -0.2) is 34.1 Å². The van der Waals surface area contributed by atoms with Crippen molar-refractivity contribution in [3.63, 3.8) is 0 Å². The summed E-state index contributed by atoms with van der Waals surface area (Å²) in [5.41, 5.74) is 0.143. The second-order valence-corrected chi connectivity index (χ2v) is 7.89. The molecule has 8 heteroatoms. The Morgan fingerprint density at radius 3 is 2.67 bits per heavy atom. The molecule has 0 heterocycles. The molecule has 21 heavy (non-hydrogen) atoms. The minimum Gasteiger partial charge on any atom is -0.379 e. The quantitative estimate of drug-likeness (QED) is 0.604. The summed E-state index contributed by atoms with van der Waals surface area (Å²) in [4.78, 5) is 11.7. The van der Waals surface area contributed by atoms with Crippen molar-refractivity contribution >= 4 is 37.2 Å². The second kappa shape index (κ2) is 6.96. The van der Waals surface area contributed by atoms with E-state index in [2.05, 4.69) is 5.32 Å². The lowest BCUT2D eigenvalue weighted by Crippen LogP contribution is -2.27. The van der Waals surface area contributed by atoms with Gasteiger partial charge in [0.25, 0.3) is 15.0 Å². The average Bonchev–Trinajstić information content (AvgIpc) is 3.20. The van der Waals surface area contributed by atoms with Crippen LogP contribution in [0.15, 0.2) is 23.1 Å². The van der Waals surface area contributed by atoms with E-state index in [0.29, 0.717) is 19.1 Å². The van der Waals surface area contributed by atoms with Gasteiger partial charge in [0.15, 0.2) is 0 Å². The highest BCUT2D eigenvalue weighted by Gasteiger charge is 2.21. The van der Waals surface area contributed by atoms with Crippen LogP contribution in [0, 0.1) is 5.92 Å². The van der Waals surface area contributed by atoms with Crippen molar-refractivity contribution in [2.75, 3.05) is 19.8 Å². The Morgan fingerprint density at radius 2 is 2.05 bits per heavy atom. The molecule has 1 aromatic carbocycles. The van der Waals surface area contributed by atoms with Gasteiger partial charge in [0.1, 0.15) is 0 Å². The lowest BCUT2D eigenvalue weighted by molar-refractivity contribution is 0.0906. The number of amides is 1. The molecule has 2 rings (SSSR count). The summed E-state index contributed by atoms with van der Waals surface area (Å²) in [5, 5.41) is 2.77. The van der Waals surface area contributed by atoms with E-state index in [-0.39, 0.29) is 15.5 Å². The lowest BCUT2D eigenvalue weighted by Gasteiger charge is -2.07. The molecule has 1 aliphatic rings. The predicted molar refractivity (Wildman–Crippen MR) is 80.4 cm³/mol. The maximum absolute atomic E-state index is 11.9. The highest BCUT2D eigenvalue weighted by atomic mass is 35.7. The van der Waals surface area contributed by atoms with Crippen LogP contribution in [0.1, 0.15) is 23.2 Å². The van der Waals surface area contributed by atoms with E-state index in [0.717, 1.165) is 6.61 Å². The van der Waals surface area contributed by atoms with Crippen LogP contribution in [0.4, 0.5) is 0 Å². The van der Waals surface area contributed by atoms with Gasteiger partial charge in [-0.3, -0.25) is 4.79 Å². The summed E-state index contributed by atoms with van der Waals surface area (Å²) >= 11 is 5.80. The van der Waals surface area contributed by atoms with Crippen LogP contribution < -0.4 is 5.32 Å². The van der Waals surface area contributed by atoms with Crippen molar-refractivity contribution in [2.24, 2.45) is 5.92 Å². The smallest absolute Gasteiger partial charge is 0.261 e. The number of hydrogen-bond acceptors (Lipinski definition) is 4. The minimum absolute atomic E-state index is 0.131. The molecule has 116 valence electrons. The van der Waals surface area contributed by atoms with E-state index in [9.17, 15) is 13.2 Å². The van der Waals surface area contributed by atoms with E-state index < -0.39 is 15.0 Å². The summed E-state index contributed by atoms with van der Waals surface area (Å²) in [6.07, 6.45) is 2.43. The molecule has 1 aromatic rings. The zero-order chi connectivity index (χ0) is 15.5. The van der Waals surface area contributed by atoms with Crippen molar-refractivity contribution in [1.82, 2.24) is 5.32 Å². The van der Waals surface area contributed by atoms with Gasteiger partial charge in [0.2, 0.25) is 0 Å². The topological polar surface area (TPSA) is 72.5 Å². The van der Waals surface area contributed by atoms with Crippen LogP contribution in [0.2, 0.25) is 5.02 Å². The summed E-state index contributed by atoms with van der Waals surface area (Å²) in [5.74, 6) is 0.249. The summed E-state index contributed by atoms with van der Waals surface area (Å²) < 4.78 is 28.0. The van der Waals surface area contributed by atoms with Gasteiger partial charge >= 0.3 is 0 Å². The van der Waals surface area contributed by atoms with Gasteiger partial charge in [-0.1, -0.05) is 11.6 Å². The average molecular weight is 352 g/mol. The molecule has 1 aliphatic carbocycles. The monoisotopic (exact) mass is 351 g/mol. The Hall–Kier alpha value is -0.820. The van der Waals surface area contributed by atoms with E-state index in [1.807, 2.05) is 0 Å². The molecule has 0 aliphatic heterocycles. The fraction of sp³-hybridized carbons (Fsp3) is 0.462. The molecular weight excluding hydrogens is 337 g/mol. The molecule has 1 N–H and O–H groups in total. The second-order valence-electron chi connectivity index (χ2n) is 4.89. The molecule has 0 unspecified atom stereocenters.